The summed E-state index contributed by atoms with van der Waals surface area (Å²) < 4.78 is 25.1. The quantitative estimate of drug-likeness (QED) is 0.780. The largest absolute Gasteiger partial charge is 0.326 e. The highest BCUT2D eigenvalue weighted by molar-refractivity contribution is 7.90. The lowest BCUT2D eigenvalue weighted by Gasteiger charge is -2.10. The van der Waals surface area contributed by atoms with Gasteiger partial charge >= 0.3 is 0 Å². The minimum absolute atomic E-state index is 0.139. The third-order valence-corrected chi connectivity index (χ3v) is 4.75. The van der Waals surface area contributed by atoms with Gasteiger partial charge < -0.3 is 5.32 Å². The maximum Gasteiger partial charge on any atom is 0.221 e. The molecule has 1 N–H and O–H groups in total. The molecule has 0 aliphatic heterocycles. The molecule has 0 radical (unpaired) electrons. The van der Waals surface area contributed by atoms with Crippen molar-refractivity contribution < 1.29 is 13.2 Å². The molecule has 1 amide bonds. The lowest BCUT2D eigenvalue weighted by atomic mass is 10.2. The Morgan fingerprint density at radius 2 is 1.84 bits per heavy atom. The second-order valence-electron chi connectivity index (χ2n) is 5.65. The molecule has 0 unspecified atom stereocenters. The molecule has 3 rings (SSSR count). The first kappa shape index (κ1) is 16.9. The number of anilines is 1. The molecule has 0 aliphatic carbocycles. The Morgan fingerprint density at radius 1 is 1.12 bits per heavy atom. The van der Waals surface area contributed by atoms with Crippen LogP contribution in [0.4, 0.5) is 5.69 Å². The zero-order valence-electron chi connectivity index (χ0n) is 13.8. The van der Waals surface area contributed by atoms with Crippen LogP contribution in [-0.2, 0) is 14.6 Å². The minimum Gasteiger partial charge on any atom is -0.326 e. The van der Waals surface area contributed by atoms with Gasteiger partial charge in [-0.1, -0.05) is 6.07 Å². The van der Waals surface area contributed by atoms with Crippen LogP contribution in [0.1, 0.15) is 6.92 Å². The van der Waals surface area contributed by atoms with Gasteiger partial charge in [-0.25, -0.2) is 13.4 Å². The van der Waals surface area contributed by atoms with Crippen molar-refractivity contribution in [1.82, 2.24) is 9.55 Å². The van der Waals surface area contributed by atoms with Gasteiger partial charge in [-0.05, 0) is 42.5 Å². The van der Waals surface area contributed by atoms with Crippen molar-refractivity contribution in [3.05, 3.63) is 60.9 Å². The predicted octanol–water partition coefficient (Wildman–Crippen LogP) is 2.90. The summed E-state index contributed by atoms with van der Waals surface area (Å²) >= 11 is 0. The molecule has 0 saturated heterocycles. The van der Waals surface area contributed by atoms with Gasteiger partial charge in [0.1, 0.15) is 5.82 Å². The second-order valence-corrected chi connectivity index (χ2v) is 7.66. The van der Waals surface area contributed by atoms with E-state index >= 15 is 0 Å². The van der Waals surface area contributed by atoms with E-state index in [1.165, 1.54) is 13.2 Å². The zero-order chi connectivity index (χ0) is 18.0. The molecular formula is C18H17N3O3S. The van der Waals surface area contributed by atoms with Gasteiger partial charge in [0.2, 0.25) is 5.91 Å². The first-order chi connectivity index (χ1) is 11.8. The lowest BCUT2D eigenvalue weighted by molar-refractivity contribution is -0.114. The summed E-state index contributed by atoms with van der Waals surface area (Å²) in [5.74, 6) is 0.541. The van der Waals surface area contributed by atoms with Crippen LogP contribution in [0.3, 0.4) is 0 Å². The number of hydrogen-bond donors (Lipinski definition) is 1. The number of aromatic nitrogens is 2. The van der Waals surface area contributed by atoms with E-state index in [-0.39, 0.29) is 10.8 Å². The Labute approximate surface area is 146 Å². The van der Waals surface area contributed by atoms with Crippen molar-refractivity contribution in [2.75, 3.05) is 11.6 Å². The van der Waals surface area contributed by atoms with Gasteiger partial charge in [-0.15, -0.1) is 0 Å². The average Bonchev–Trinajstić information content (AvgIpc) is 3.03. The first-order valence-corrected chi connectivity index (χ1v) is 9.45. The van der Waals surface area contributed by atoms with Crippen LogP contribution >= 0.6 is 0 Å². The molecule has 2 aromatic carbocycles. The Hall–Kier alpha value is -2.93. The number of carbonyl (C=O) groups excluding carboxylic acids is 1. The summed E-state index contributed by atoms with van der Waals surface area (Å²) in [4.78, 5) is 15.9. The van der Waals surface area contributed by atoms with E-state index in [0.29, 0.717) is 11.5 Å². The summed E-state index contributed by atoms with van der Waals surface area (Å²) in [7, 11) is -3.24. The summed E-state index contributed by atoms with van der Waals surface area (Å²) in [6.45, 7) is 1.46. The summed E-state index contributed by atoms with van der Waals surface area (Å²) in [6.07, 6.45) is 4.66. The van der Waals surface area contributed by atoms with Crippen molar-refractivity contribution in [3.8, 4) is 17.1 Å². The molecule has 3 aromatic rings. The highest BCUT2D eigenvalue weighted by Gasteiger charge is 2.11. The van der Waals surface area contributed by atoms with Crippen molar-refractivity contribution in [1.29, 1.82) is 0 Å². The molecule has 0 fully saturated rings. The van der Waals surface area contributed by atoms with Gasteiger partial charge in [-0.3, -0.25) is 9.36 Å². The molecule has 128 valence electrons. The van der Waals surface area contributed by atoms with E-state index < -0.39 is 9.84 Å². The third kappa shape index (κ3) is 3.77. The van der Waals surface area contributed by atoms with Gasteiger partial charge in [-0.2, -0.15) is 0 Å². The highest BCUT2D eigenvalue weighted by atomic mass is 32.2. The summed E-state index contributed by atoms with van der Waals surface area (Å²) in [5.41, 5.74) is 2.32. The Morgan fingerprint density at radius 3 is 2.48 bits per heavy atom. The van der Waals surface area contributed by atoms with E-state index in [2.05, 4.69) is 10.3 Å². The van der Waals surface area contributed by atoms with Gasteiger partial charge in [0.05, 0.1) is 4.90 Å². The normalized spacial score (nSPS) is 11.3. The van der Waals surface area contributed by atoms with Crippen LogP contribution in [0.5, 0.6) is 0 Å². The maximum absolute atomic E-state index is 11.6. The summed E-state index contributed by atoms with van der Waals surface area (Å²) in [6, 6.07) is 14.0. The predicted molar refractivity (Wildman–Crippen MR) is 96.4 cm³/mol. The van der Waals surface area contributed by atoms with Gasteiger partial charge in [0, 0.05) is 42.5 Å². The van der Waals surface area contributed by atoms with E-state index in [1.54, 1.807) is 30.5 Å². The number of sulfone groups is 1. The second kappa shape index (κ2) is 6.52. The molecule has 0 bridgehead atoms. The van der Waals surface area contributed by atoms with Crippen LogP contribution in [0.2, 0.25) is 0 Å². The number of benzene rings is 2. The van der Waals surface area contributed by atoms with Crippen molar-refractivity contribution in [2.45, 2.75) is 11.8 Å². The van der Waals surface area contributed by atoms with Crippen LogP contribution in [0.25, 0.3) is 17.1 Å². The van der Waals surface area contributed by atoms with Crippen molar-refractivity contribution in [3.63, 3.8) is 0 Å². The molecule has 0 saturated carbocycles. The molecule has 1 aromatic heterocycles. The van der Waals surface area contributed by atoms with Crippen molar-refractivity contribution in [2.24, 2.45) is 0 Å². The van der Waals surface area contributed by atoms with E-state index in [9.17, 15) is 13.2 Å². The monoisotopic (exact) mass is 355 g/mol. The molecule has 0 spiro atoms. The van der Waals surface area contributed by atoms with Crippen LogP contribution in [-0.4, -0.2) is 30.1 Å². The smallest absolute Gasteiger partial charge is 0.221 e. The minimum atomic E-state index is -3.24. The molecule has 6 nitrogen and oxygen atoms in total. The topological polar surface area (TPSA) is 81.1 Å². The molecule has 0 atom stereocenters. The molecular weight excluding hydrogens is 338 g/mol. The van der Waals surface area contributed by atoms with E-state index in [0.717, 1.165) is 11.3 Å². The number of amides is 1. The average molecular weight is 355 g/mol. The zero-order valence-corrected chi connectivity index (χ0v) is 14.6. The molecule has 7 heteroatoms. The van der Waals surface area contributed by atoms with Gasteiger partial charge in [0.25, 0.3) is 0 Å². The van der Waals surface area contributed by atoms with Gasteiger partial charge in [0.15, 0.2) is 9.84 Å². The number of nitrogens with one attached hydrogen (secondary N) is 1. The Balaban J connectivity index is 2.00. The van der Waals surface area contributed by atoms with Crippen LogP contribution in [0, 0.1) is 0 Å². The standard InChI is InChI=1S/C18H17N3O3S/c1-13(22)20-15-4-3-5-16(12-15)21-11-10-19-18(21)14-6-8-17(9-7-14)25(2,23)24/h3-12H,1-2H3,(H,20,22). The number of nitrogens with zero attached hydrogens (tertiary/aromatic N) is 2. The molecule has 0 aliphatic rings. The summed E-state index contributed by atoms with van der Waals surface area (Å²) in [5, 5.41) is 2.75. The van der Waals surface area contributed by atoms with E-state index in [4.69, 9.17) is 0 Å². The van der Waals surface area contributed by atoms with E-state index in [1.807, 2.05) is 35.0 Å². The first-order valence-electron chi connectivity index (χ1n) is 7.56. The molecule has 1 heterocycles. The third-order valence-electron chi connectivity index (χ3n) is 3.63. The maximum atomic E-state index is 11.6. The van der Waals surface area contributed by atoms with Crippen LogP contribution < -0.4 is 5.32 Å². The van der Waals surface area contributed by atoms with Crippen LogP contribution in [0.15, 0.2) is 65.8 Å². The Kier molecular flexibility index (Phi) is 4.41. The fraction of sp³-hybridized carbons (Fsp3) is 0.111. The number of hydrogen-bond acceptors (Lipinski definition) is 4. The molecule has 25 heavy (non-hydrogen) atoms. The fourth-order valence-corrected chi connectivity index (χ4v) is 3.14. The fourth-order valence-electron chi connectivity index (χ4n) is 2.51. The highest BCUT2D eigenvalue weighted by Crippen LogP contribution is 2.24. The lowest BCUT2D eigenvalue weighted by Crippen LogP contribution is -2.06. The number of rotatable bonds is 4. The van der Waals surface area contributed by atoms with Crippen molar-refractivity contribution >= 4 is 21.4 Å². The SMILES string of the molecule is CC(=O)Nc1cccc(-n2ccnc2-c2ccc(S(C)(=O)=O)cc2)c1. The number of imidazole rings is 1. The number of carbonyl (C=O) groups is 1. The Bertz CT molecular complexity index is 1020.